The predicted molar refractivity (Wildman–Crippen MR) is 69.3 cm³/mol. The number of benzene rings is 1. The number of nitrogens with one attached hydrogen (secondary N) is 2. The first-order valence-corrected chi connectivity index (χ1v) is 5.79. The van der Waals surface area contributed by atoms with E-state index in [1.165, 1.54) is 6.33 Å². The standard InChI is InChI=1S/C13H12N4O/c1-2-11-10(6-16-17-11)8-3-4-12-9(5-8)13(18)15-7-14-12/h3-7H,2H2,1H3,(H,16,17)(H,14,15,18). The van der Waals surface area contributed by atoms with Gasteiger partial charge in [0, 0.05) is 11.3 Å². The van der Waals surface area contributed by atoms with Gasteiger partial charge >= 0.3 is 0 Å². The Kier molecular flexibility index (Phi) is 2.44. The van der Waals surface area contributed by atoms with Crippen molar-refractivity contribution in [3.05, 3.63) is 46.8 Å². The van der Waals surface area contributed by atoms with Gasteiger partial charge in [0.2, 0.25) is 0 Å². The summed E-state index contributed by atoms with van der Waals surface area (Å²) in [5, 5.41) is 7.61. The van der Waals surface area contributed by atoms with Gasteiger partial charge in [-0.3, -0.25) is 9.89 Å². The summed E-state index contributed by atoms with van der Waals surface area (Å²) in [7, 11) is 0. The van der Waals surface area contributed by atoms with Gasteiger partial charge in [0.1, 0.15) is 0 Å². The smallest absolute Gasteiger partial charge is 0.258 e. The van der Waals surface area contributed by atoms with Crippen LogP contribution in [0.5, 0.6) is 0 Å². The minimum atomic E-state index is -0.122. The van der Waals surface area contributed by atoms with Gasteiger partial charge in [0.15, 0.2) is 0 Å². The first kappa shape index (κ1) is 10.7. The largest absolute Gasteiger partial charge is 0.313 e. The SMILES string of the molecule is CCc1[nH]ncc1-c1ccc2nc[nH]c(=O)c2c1. The van der Waals surface area contributed by atoms with Gasteiger partial charge in [-0.25, -0.2) is 4.98 Å². The minimum absolute atomic E-state index is 0.122. The number of fused-ring (bicyclic) bond motifs is 1. The lowest BCUT2D eigenvalue weighted by Crippen LogP contribution is -2.06. The molecule has 0 saturated carbocycles. The lowest BCUT2D eigenvalue weighted by Gasteiger charge is -2.02. The highest BCUT2D eigenvalue weighted by Gasteiger charge is 2.08. The Morgan fingerprint density at radius 1 is 1.33 bits per heavy atom. The number of aromatic nitrogens is 4. The van der Waals surface area contributed by atoms with Crippen LogP contribution in [0.15, 0.2) is 35.5 Å². The van der Waals surface area contributed by atoms with Crippen molar-refractivity contribution >= 4 is 10.9 Å². The molecule has 5 heteroatoms. The highest BCUT2D eigenvalue weighted by molar-refractivity contribution is 5.83. The minimum Gasteiger partial charge on any atom is -0.313 e. The average molecular weight is 240 g/mol. The Labute approximate surface area is 103 Å². The van der Waals surface area contributed by atoms with Crippen LogP contribution in [-0.4, -0.2) is 20.2 Å². The molecule has 0 unspecified atom stereocenters. The molecule has 0 bridgehead atoms. The fourth-order valence-corrected chi connectivity index (χ4v) is 2.07. The van der Waals surface area contributed by atoms with Crippen molar-refractivity contribution in [1.29, 1.82) is 0 Å². The van der Waals surface area contributed by atoms with Crippen LogP contribution in [-0.2, 0) is 6.42 Å². The molecule has 0 aliphatic carbocycles. The molecule has 90 valence electrons. The van der Waals surface area contributed by atoms with Crippen LogP contribution in [0.2, 0.25) is 0 Å². The summed E-state index contributed by atoms with van der Waals surface area (Å²) in [4.78, 5) is 18.4. The molecule has 18 heavy (non-hydrogen) atoms. The summed E-state index contributed by atoms with van der Waals surface area (Å²) in [5.74, 6) is 0. The summed E-state index contributed by atoms with van der Waals surface area (Å²) in [6, 6.07) is 5.66. The van der Waals surface area contributed by atoms with Crippen LogP contribution in [0, 0.1) is 0 Å². The zero-order valence-electron chi connectivity index (χ0n) is 9.90. The second-order valence-corrected chi connectivity index (χ2v) is 4.08. The second-order valence-electron chi connectivity index (χ2n) is 4.08. The molecule has 0 amide bonds. The van der Waals surface area contributed by atoms with E-state index in [2.05, 4.69) is 27.1 Å². The molecule has 2 N–H and O–H groups in total. The Bertz CT molecular complexity index is 757. The zero-order valence-corrected chi connectivity index (χ0v) is 9.90. The van der Waals surface area contributed by atoms with Gasteiger partial charge in [-0.05, 0) is 24.1 Å². The number of aromatic amines is 2. The quantitative estimate of drug-likeness (QED) is 0.718. The third-order valence-corrected chi connectivity index (χ3v) is 3.02. The molecule has 0 spiro atoms. The Balaban J connectivity index is 2.25. The summed E-state index contributed by atoms with van der Waals surface area (Å²) < 4.78 is 0. The Morgan fingerprint density at radius 2 is 2.22 bits per heavy atom. The first-order valence-electron chi connectivity index (χ1n) is 5.79. The summed E-state index contributed by atoms with van der Waals surface area (Å²) in [6.07, 6.45) is 4.07. The first-order chi connectivity index (χ1) is 8.79. The number of aryl methyl sites for hydroxylation is 1. The Hall–Kier alpha value is -2.43. The van der Waals surface area contributed by atoms with Crippen LogP contribution in [0.1, 0.15) is 12.6 Å². The van der Waals surface area contributed by atoms with Crippen LogP contribution in [0.25, 0.3) is 22.0 Å². The third-order valence-electron chi connectivity index (χ3n) is 3.02. The molecule has 2 heterocycles. The highest BCUT2D eigenvalue weighted by atomic mass is 16.1. The molecule has 1 aromatic carbocycles. The molecule has 5 nitrogen and oxygen atoms in total. The van der Waals surface area contributed by atoms with Crippen molar-refractivity contribution in [3.8, 4) is 11.1 Å². The van der Waals surface area contributed by atoms with Gasteiger partial charge in [-0.2, -0.15) is 5.10 Å². The van der Waals surface area contributed by atoms with Crippen LogP contribution >= 0.6 is 0 Å². The maximum atomic E-state index is 11.7. The maximum Gasteiger partial charge on any atom is 0.258 e. The molecule has 0 aliphatic rings. The van der Waals surface area contributed by atoms with Crippen molar-refractivity contribution < 1.29 is 0 Å². The zero-order chi connectivity index (χ0) is 12.5. The molecule has 0 fully saturated rings. The van der Waals surface area contributed by atoms with E-state index in [0.717, 1.165) is 23.2 Å². The molecule has 3 rings (SSSR count). The summed E-state index contributed by atoms with van der Waals surface area (Å²) in [6.45, 7) is 2.06. The third kappa shape index (κ3) is 1.60. The van der Waals surface area contributed by atoms with E-state index < -0.39 is 0 Å². The normalized spacial score (nSPS) is 10.9. The molecule has 3 aromatic rings. The fourth-order valence-electron chi connectivity index (χ4n) is 2.07. The predicted octanol–water partition coefficient (Wildman–Crippen LogP) is 1.88. The van der Waals surface area contributed by atoms with Gasteiger partial charge < -0.3 is 4.98 Å². The summed E-state index contributed by atoms with van der Waals surface area (Å²) in [5.41, 5.74) is 3.65. The van der Waals surface area contributed by atoms with E-state index in [1.54, 1.807) is 6.20 Å². The van der Waals surface area contributed by atoms with Crippen molar-refractivity contribution in [2.75, 3.05) is 0 Å². The van der Waals surface area contributed by atoms with E-state index in [0.29, 0.717) is 10.9 Å². The van der Waals surface area contributed by atoms with E-state index >= 15 is 0 Å². The molecular weight excluding hydrogens is 228 g/mol. The lowest BCUT2D eigenvalue weighted by atomic mass is 10.0. The molecule has 0 aliphatic heterocycles. The van der Waals surface area contributed by atoms with Crippen molar-refractivity contribution in [3.63, 3.8) is 0 Å². The monoisotopic (exact) mass is 240 g/mol. The number of H-pyrrole nitrogens is 2. The van der Waals surface area contributed by atoms with Crippen LogP contribution in [0.3, 0.4) is 0 Å². The molecule has 0 radical (unpaired) electrons. The van der Waals surface area contributed by atoms with Gasteiger partial charge in [-0.1, -0.05) is 13.0 Å². The summed E-state index contributed by atoms with van der Waals surface area (Å²) >= 11 is 0. The molecule has 0 atom stereocenters. The van der Waals surface area contributed by atoms with Crippen molar-refractivity contribution in [2.45, 2.75) is 13.3 Å². The second kappa shape index (κ2) is 4.10. The van der Waals surface area contributed by atoms with Gasteiger partial charge in [-0.15, -0.1) is 0 Å². The maximum absolute atomic E-state index is 11.7. The van der Waals surface area contributed by atoms with Gasteiger partial charge in [0.05, 0.1) is 23.4 Å². The van der Waals surface area contributed by atoms with Crippen LogP contribution in [0.4, 0.5) is 0 Å². The number of hydrogen-bond acceptors (Lipinski definition) is 3. The Morgan fingerprint density at radius 3 is 3.06 bits per heavy atom. The van der Waals surface area contributed by atoms with Crippen molar-refractivity contribution in [2.24, 2.45) is 0 Å². The van der Waals surface area contributed by atoms with Crippen LogP contribution < -0.4 is 5.56 Å². The average Bonchev–Trinajstić information content (AvgIpc) is 2.87. The topological polar surface area (TPSA) is 74.4 Å². The van der Waals surface area contributed by atoms with E-state index in [-0.39, 0.29) is 5.56 Å². The molecular formula is C13H12N4O. The van der Waals surface area contributed by atoms with Crippen molar-refractivity contribution in [1.82, 2.24) is 20.2 Å². The number of hydrogen-bond donors (Lipinski definition) is 2. The lowest BCUT2D eigenvalue weighted by molar-refractivity contribution is 0.975. The van der Waals surface area contributed by atoms with E-state index in [9.17, 15) is 4.79 Å². The van der Waals surface area contributed by atoms with Gasteiger partial charge in [0.25, 0.3) is 5.56 Å². The van der Waals surface area contributed by atoms with E-state index in [1.807, 2.05) is 18.2 Å². The molecule has 0 saturated heterocycles. The molecule has 2 aromatic heterocycles. The fraction of sp³-hybridized carbons (Fsp3) is 0.154. The van der Waals surface area contributed by atoms with E-state index in [4.69, 9.17) is 0 Å². The highest BCUT2D eigenvalue weighted by Crippen LogP contribution is 2.24. The number of nitrogens with zero attached hydrogens (tertiary/aromatic N) is 2. The number of rotatable bonds is 2.